The minimum absolute atomic E-state index is 0.0891. The highest BCUT2D eigenvalue weighted by Crippen LogP contribution is 2.55. The molecule has 0 aromatic carbocycles. The molecule has 3 rings (SSSR count). The first-order valence-corrected chi connectivity index (χ1v) is 9.68. The first-order chi connectivity index (χ1) is 11.6. The molecule has 3 aliphatic carbocycles. The van der Waals surface area contributed by atoms with Crippen molar-refractivity contribution in [3.05, 3.63) is 22.8 Å². The molecule has 0 unspecified atom stereocenters. The number of aliphatic hydroxyl groups is 3. The van der Waals surface area contributed by atoms with E-state index in [0.29, 0.717) is 12.3 Å². The third-order valence-electron chi connectivity index (χ3n) is 7.03. The average molecular weight is 350 g/mol. The smallest absolute Gasteiger partial charge is 0.109 e. The minimum Gasteiger partial charge on any atom is -0.390 e. The van der Waals surface area contributed by atoms with Gasteiger partial charge in [-0.3, -0.25) is 0 Å². The second kappa shape index (κ2) is 6.49. The molecule has 4 heteroatoms. The van der Waals surface area contributed by atoms with Crippen LogP contribution in [0.4, 0.5) is 0 Å². The molecule has 0 aliphatic heterocycles. The lowest BCUT2D eigenvalue weighted by Crippen LogP contribution is -2.44. The van der Waals surface area contributed by atoms with Crippen LogP contribution in [-0.2, 0) is 4.74 Å². The van der Waals surface area contributed by atoms with Gasteiger partial charge in [-0.05, 0) is 54.6 Å². The van der Waals surface area contributed by atoms with Crippen molar-refractivity contribution in [2.75, 3.05) is 13.7 Å². The molecule has 6 atom stereocenters. The topological polar surface area (TPSA) is 69.9 Å². The van der Waals surface area contributed by atoms with Crippen LogP contribution >= 0.6 is 0 Å². The Morgan fingerprint density at radius 1 is 1.28 bits per heavy atom. The first kappa shape index (κ1) is 19.1. The van der Waals surface area contributed by atoms with Gasteiger partial charge < -0.3 is 20.1 Å². The minimum atomic E-state index is -0.954. The van der Waals surface area contributed by atoms with E-state index in [1.807, 2.05) is 6.92 Å². The molecule has 3 N–H and O–H groups in total. The summed E-state index contributed by atoms with van der Waals surface area (Å²) >= 11 is 0. The zero-order valence-electron chi connectivity index (χ0n) is 16.2. The Balaban J connectivity index is 2.18. The first-order valence-electron chi connectivity index (χ1n) is 9.68. The monoisotopic (exact) mass is 350 g/mol. The molecular formula is C21H34O4. The summed E-state index contributed by atoms with van der Waals surface area (Å²) in [4.78, 5) is 0. The van der Waals surface area contributed by atoms with E-state index in [-0.39, 0.29) is 23.9 Å². The molecule has 0 saturated heterocycles. The number of fused-ring (bicyclic) bond motifs is 2. The fourth-order valence-corrected chi connectivity index (χ4v) is 5.57. The van der Waals surface area contributed by atoms with E-state index in [4.69, 9.17) is 4.74 Å². The Morgan fingerprint density at radius 2 is 1.96 bits per heavy atom. The molecule has 0 aromatic rings. The second-order valence-electron chi connectivity index (χ2n) is 9.02. The lowest BCUT2D eigenvalue weighted by Gasteiger charge is -2.41. The Labute approximate surface area is 151 Å². The highest BCUT2D eigenvalue weighted by atomic mass is 16.5. The molecule has 25 heavy (non-hydrogen) atoms. The number of ether oxygens (including phenoxy) is 1. The summed E-state index contributed by atoms with van der Waals surface area (Å²) in [5, 5.41) is 33.2. The molecule has 0 spiro atoms. The van der Waals surface area contributed by atoms with Crippen LogP contribution in [0.5, 0.6) is 0 Å². The van der Waals surface area contributed by atoms with Gasteiger partial charge in [-0.25, -0.2) is 0 Å². The van der Waals surface area contributed by atoms with Crippen LogP contribution in [-0.4, -0.2) is 46.8 Å². The van der Waals surface area contributed by atoms with Crippen LogP contribution in [0.25, 0.3) is 0 Å². The number of allylic oxidation sites excluding steroid dienone is 2. The maximum absolute atomic E-state index is 11.2. The van der Waals surface area contributed by atoms with E-state index in [1.54, 1.807) is 7.11 Å². The lowest BCUT2D eigenvalue weighted by atomic mass is 9.68. The van der Waals surface area contributed by atoms with Crippen LogP contribution in [0.2, 0.25) is 0 Å². The van der Waals surface area contributed by atoms with Gasteiger partial charge in [0.1, 0.15) is 11.7 Å². The second-order valence-corrected chi connectivity index (χ2v) is 9.02. The highest BCUT2D eigenvalue weighted by molar-refractivity contribution is 5.42. The van der Waals surface area contributed by atoms with Crippen LogP contribution in [0.15, 0.2) is 22.8 Å². The highest BCUT2D eigenvalue weighted by Gasteiger charge is 2.52. The quantitative estimate of drug-likeness (QED) is 0.685. The van der Waals surface area contributed by atoms with E-state index >= 15 is 0 Å². The van der Waals surface area contributed by atoms with Gasteiger partial charge in [0.2, 0.25) is 0 Å². The van der Waals surface area contributed by atoms with Gasteiger partial charge in [0.25, 0.3) is 0 Å². The Bertz CT molecular complexity index is 593. The number of aliphatic hydroxyl groups excluding tert-OH is 2. The van der Waals surface area contributed by atoms with Crippen LogP contribution < -0.4 is 0 Å². The largest absolute Gasteiger partial charge is 0.390 e. The van der Waals surface area contributed by atoms with Gasteiger partial charge in [-0.15, -0.1) is 0 Å². The summed E-state index contributed by atoms with van der Waals surface area (Å²) in [5.41, 5.74) is 2.01. The van der Waals surface area contributed by atoms with Crippen molar-refractivity contribution in [1.82, 2.24) is 0 Å². The van der Waals surface area contributed by atoms with Crippen LogP contribution in [0, 0.1) is 23.2 Å². The number of hydrogen-bond donors (Lipinski definition) is 3. The van der Waals surface area contributed by atoms with E-state index in [1.165, 1.54) is 5.57 Å². The average Bonchev–Trinajstić information content (AvgIpc) is 3.04. The predicted octanol–water partition coefficient (Wildman–Crippen LogP) is 2.82. The summed E-state index contributed by atoms with van der Waals surface area (Å²) in [6.45, 7) is 8.74. The normalized spacial score (nSPS) is 46.5. The molecule has 0 aromatic heterocycles. The summed E-state index contributed by atoms with van der Waals surface area (Å²) < 4.78 is 5.32. The van der Waals surface area contributed by atoms with Gasteiger partial charge >= 0.3 is 0 Å². The van der Waals surface area contributed by atoms with Gasteiger partial charge in [-0.1, -0.05) is 39.3 Å². The van der Waals surface area contributed by atoms with Crippen molar-refractivity contribution in [1.29, 1.82) is 0 Å². The van der Waals surface area contributed by atoms with Crippen molar-refractivity contribution in [2.45, 2.75) is 71.2 Å². The standard InChI is InChI=1S/C21H34O4/c1-12(2)14-6-8-20(4)10-16-15(7-9-21(16,24)11-25-5)13(3)18(22)19(23)17(14)20/h10,12-13,15,18-19,22-24H,6-9,11H2,1-5H3/b16-10+/t13-,15+,18-,19-,20-,21+/m1/s1. The maximum atomic E-state index is 11.2. The van der Waals surface area contributed by atoms with E-state index in [9.17, 15) is 15.3 Å². The van der Waals surface area contributed by atoms with Crippen molar-refractivity contribution >= 4 is 0 Å². The summed E-state index contributed by atoms with van der Waals surface area (Å²) in [7, 11) is 1.62. The Morgan fingerprint density at radius 3 is 2.56 bits per heavy atom. The molecule has 0 heterocycles. The zero-order valence-corrected chi connectivity index (χ0v) is 16.2. The Hall–Kier alpha value is -0.680. The molecule has 1 fully saturated rings. The molecule has 4 nitrogen and oxygen atoms in total. The molecule has 0 amide bonds. The summed E-state index contributed by atoms with van der Waals surface area (Å²) in [6, 6.07) is 0. The van der Waals surface area contributed by atoms with E-state index in [2.05, 4.69) is 26.8 Å². The van der Waals surface area contributed by atoms with Crippen molar-refractivity contribution in [3.63, 3.8) is 0 Å². The lowest BCUT2D eigenvalue weighted by molar-refractivity contribution is -0.0213. The third-order valence-corrected chi connectivity index (χ3v) is 7.03. The molecule has 142 valence electrons. The van der Waals surface area contributed by atoms with Gasteiger partial charge in [0, 0.05) is 12.5 Å². The number of methoxy groups -OCH3 is 1. The number of rotatable bonds is 3. The van der Waals surface area contributed by atoms with Crippen molar-refractivity contribution in [2.24, 2.45) is 23.2 Å². The van der Waals surface area contributed by atoms with E-state index in [0.717, 1.165) is 30.4 Å². The third kappa shape index (κ3) is 2.91. The fourth-order valence-electron chi connectivity index (χ4n) is 5.57. The predicted molar refractivity (Wildman–Crippen MR) is 98.0 cm³/mol. The molecular weight excluding hydrogens is 316 g/mol. The SMILES string of the molecule is COC[C@@]1(O)CC[C@@H]2/C1=C\[C@@]1(C)CCC(C(C)C)=C1[C@@H](O)[C@H](O)[C@@H]2C. The van der Waals surface area contributed by atoms with Crippen LogP contribution in [0.1, 0.15) is 53.4 Å². The van der Waals surface area contributed by atoms with Gasteiger partial charge in [0.05, 0.1) is 12.7 Å². The molecule has 0 radical (unpaired) electrons. The van der Waals surface area contributed by atoms with Crippen molar-refractivity contribution in [3.8, 4) is 0 Å². The summed E-state index contributed by atoms with van der Waals surface area (Å²) in [6.07, 6.45) is 3.93. The van der Waals surface area contributed by atoms with Gasteiger partial charge in [0.15, 0.2) is 0 Å². The Kier molecular flexibility index (Phi) is 4.95. The summed E-state index contributed by atoms with van der Waals surface area (Å²) in [5.74, 6) is 0.341. The molecule has 0 bridgehead atoms. The molecule has 1 saturated carbocycles. The van der Waals surface area contributed by atoms with Crippen molar-refractivity contribution < 1.29 is 20.1 Å². The maximum Gasteiger partial charge on any atom is 0.109 e. The van der Waals surface area contributed by atoms with Gasteiger partial charge in [-0.2, -0.15) is 0 Å². The van der Waals surface area contributed by atoms with Crippen LogP contribution in [0.3, 0.4) is 0 Å². The molecule has 3 aliphatic rings. The van der Waals surface area contributed by atoms with E-state index < -0.39 is 17.8 Å². The number of hydrogen-bond acceptors (Lipinski definition) is 4. The zero-order chi connectivity index (χ0) is 18.6. The fraction of sp³-hybridized carbons (Fsp3) is 0.810.